The molecule has 0 rings (SSSR count). The summed E-state index contributed by atoms with van der Waals surface area (Å²) in [6.07, 6.45) is 0.938. The molecule has 0 unspecified atom stereocenters. The molecule has 5 heteroatoms. The second-order valence-corrected chi connectivity index (χ2v) is 4.51. The Bertz CT molecular complexity index is 189. The Labute approximate surface area is 104 Å². The van der Waals surface area contributed by atoms with Crippen LogP contribution in [0.25, 0.3) is 0 Å². The van der Waals surface area contributed by atoms with Gasteiger partial charge in [-0.15, -0.1) is 0 Å². The molecule has 0 aliphatic rings. The largest absolute Gasteiger partial charge is 0.392 e. The zero-order valence-corrected chi connectivity index (χ0v) is 11.4. The Morgan fingerprint density at radius 3 is 2.50 bits per heavy atom. The van der Waals surface area contributed by atoms with Gasteiger partial charge in [-0.3, -0.25) is 4.90 Å². The highest BCUT2D eigenvalue weighted by atomic mass is 32.1. The van der Waals surface area contributed by atoms with E-state index in [0.717, 1.165) is 26.2 Å². The molecule has 0 fully saturated rings. The maximum Gasteiger partial charge on any atom is 0.0870 e. The van der Waals surface area contributed by atoms with Gasteiger partial charge in [0.05, 0.1) is 11.6 Å². The number of thiocarbonyl (C=S) groups is 1. The fourth-order valence-corrected chi connectivity index (χ4v) is 1.48. The van der Waals surface area contributed by atoms with Crippen LogP contribution < -0.4 is 5.73 Å². The van der Waals surface area contributed by atoms with Gasteiger partial charge in [-0.25, -0.2) is 0 Å². The van der Waals surface area contributed by atoms with Crippen molar-refractivity contribution in [3.63, 3.8) is 0 Å². The van der Waals surface area contributed by atoms with Crippen molar-refractivity contribution in [1.82, 2.24) is 4.90 Å². The number of hydrogen-bond donors (Lipinski definition) is 1. The van der Waals surface area contributed by atoms with E-state index in [4.69, 9.17) is 27.4 Å². The molecule has 0 aromatic rings. The zero-order chi connectivity index (χ0) is 12.4. The monoisotopic (exact) mass is 248 g/mol. The summed E-state index contributed by atoms with van der Waals surface area (Å²) in [6.45, 7) is 7.99. The Kier molecular flexibility index (Phi) is 9.82. The first-order chi connectivity index (χ1) is 7.57. The standard InChI is InChI=1S/C11H24N2O2S/c1-10(2)13(9-11(12)16)5-8-15-7-4-6-14-3/h10H,4-9H2,1-3H3,(H2,12,16). The van der Waals surface area contributed by atoms with Gasteiger partial charge in [0.1, 0.15) is 0 Å². The molecule has 0 heterocycles. The number of ether oxygens (including phenoxy) is 2. The topological polar surface area (TPSA) is 47.7 Å². The molecule has 0 saturated heterocycles. The lowest BCUT2D eigenvalue weighted by atomic mass is 10.3. The molecule has 2 N–H and O–H groups in total. The van der Waals surface area contributed by atoms with Crippen LogP contribution in [-0.2, 0) is 9.47 Å². The molecule has 96 valence electrons. The molecule has 0 amide bonds. The number of methoxy groups -OCH3 is 1. The molecule has 4 nitrogen and oxygen atoms in total. The number of nitrogens with two attached hydrogens (primary N) is 1. The van der Waals surface area contributed by atoms with E-state index < -0.39 is 0 Å². The molecule has 0 aromatic carbocycles. The van der Waals surface area contributed by atoms with Gasteiger partial charge in [-0.1, -0.05) is 12.2 Å². The first kappa shape index (κ1) is 15.8. The minimum atomic E-state index is 0.434. The van der Waals surface area contributed by atoms with Crippen LogP contribution in [0, 0.1) is 0 Å². The minimum Gasteiger partial charge on any atom is -0.392 e. The lowest BCUT2D eigenvalue weighted by molar-refractivity contribution is 0.0808. The average Bonchev–Trinajstić information content (AvgIpc) is 2.20. The van der Waals surface area contributed by atoms with Gasteiger partial charge in [0.2, 0.25) is 0 Å². The van der Waals surface area contributed by atoms with E-state index in [0.29, 0.717) is 24.2 Å². The minimum absolute atomic E-state index is 0.434. The van der Waals surface area contributed by atoms with Gasteiger partial charge >= 0.3 is 0 Å². The molecule has 0 radical (unpaired) electrons. The van der Waals surface area contributed by atoms with Crippen molar-refractivity contribution < 1.29 is 9.47 Å². The van der Waals surface area contributed by atoms with Crippen LogP contribution in [0.15, 0.2) is 0 Å². The fourth-order valence-electron chi connectivity index (χ4n) is 1.31. The third-order valence-electron chi connectivity index (χ3n) is 2.25. The second kappa shape index (κ2) is 9.96. The summed E-state index contributed by atoms with van der Waals surface area (Å²) < 4.78 is 10.4. The summed E-state index contributed by atoms with van der Waals surface area (Å²) in [7, 11) is 1.70. The Morgan fingerprint density at radius 2 is 2.00 bits per heavy atom. The third kappa shape index (κ3) is 9.03. The van der Waals surface area contributed by atoms with Crippen molar-refractivity contribution in [3.05, 3.63) is 0 Å². The van der Waals surface area contributed by atoms with E-state index in [2.05, 4.69) is 18.7 Å². The molecule has 0 spiro atoms. The second-order valence-electron chi connectivity index (χ2n) is 3.99. The molecule has 0 bridgehead atoms. The van der Waals surface area contributed by atoms with Crippen molar-refractivity contribution in [2.24, 2.45) is 5.73 Å². The number of rotatable bonds is 10. The quantitative estimate of drug-likeness (QED) is 0.462. The van der Waals surface area contributed by atoms with Crippen molar-refractivity contribution in [3.8, 4) is 0 Å². The SMILES string of the molecule is COCCCOCCN(CC(N)=S)C(C)C. The van der Waals surface area contributed by atoms with Crippen LogP contribution in [0.1, 0.15) is 20.3 Å². The molecule has 0 atom stereocenters. The predicted octanol–water partition coefficient (Wildman–Crippen LogP) is 1.04. The first-order valence-electron chi connectivity index (χ1n) is 5.67. The zero-order valence-electron chi connectivity index (χ0n) is 10.6. The Hall–Kier alpha value is -0.230. The predicted molar refractivity (Wildman–Crippen MR) is 70.8 cm³/mol. The highest BCUT2D eigenvalue weighted by Gasteiger charge is 2.09. The number of hydrogen-bond acceptors (Lipinski definition) is 4. The summed E-state index contributed by atoms with van der Waals surface area (Å²) in [5.74, 6) is 0. The maximum absolute atomic E-state index is 5.53. The van der Waals surface area contributed by atoms with E-state index in [9.17, 15) is 0 Å². The third-order valence-corrected chi connectivity index (χ3v) is 2.38. The fraction of sp³-hybridized carbons (Fsp3) is 0.909. The Morgan fingerprint density at radius 1 is 1.31 bits per heavy atom. The first-order valence-corrected chi connectivity index (χ1v) is 6.07. The normalized spacial score (nSPS) is 11.3. The molecule has 0 saturated carbocycles. The van der Waals surface area contributed by atoms with Gasteiger partial charge in [0.25, 0.3) is 0 Å². The van der Waals surface area contributed by atoms with E-state index in [1.54, 1.807) is 7.11 Å². The van der Waals surface area contributed by atoms with Gasteiger partial charge in [-0.05, 0) is 20.3 Å². The highest BCUT2D eigenvalue weighted by Crippen LogP contribution is 1.97. The van der Waals surface area contributed by atoms with E-state index >= 15 is 0 Å². The van der Waals surface area contributed by atoms with Crippen LogP contribution in [0.3, 0.4) is 0 Å². The van der Waals surface area contributed by atoms with Gasteiger partial charge in [-0.2, -0.15) is 0 Å². The summed E-state index contributed by atoms with van der Waals surface area (Å²) in [5.41, 5.74) is 5.53. The maximum atomic E-state index is 5.53. The van der Waals surface area contributed by atoms with Crippen LogP contribution in [0.5, 0.6) is 0 Å². The number of nitrogens with zero attached hydrogens (tertiary/aromatic N) is 1. The molecule has 0 aromatic heterocycles. The van der Waals surface area contributed by atoms with Crippen molar-refractivity contribution in [2.45, 2.75) is 26.3 Å². The van der Waals surface area contributed by atoms with Crippen LogP contribution in [0.2, 0.25) is 0 Å². The van der Waals surface area contributed by atoms with Crippen LogP contribution in [0.4, 0.5) is 0 Å². The lowest BCUT2D eigenvalue weighted by Gasteiger charge is -2.25. The lowest BCUT2D eigenvalue weighted by Crippen LogP contribution is -2.39. The highest BCUT2D eigenvalue weighted by molar-refractivity contribution is 7.80. The smallest absolute Gasteiger partial charge is 0.0870 e. The summed E-state index contributed by atoms with van der Waals surface area (Å²) in [5, 5.41) is 0. The summed E-state index contributed by atoms with van der Waals surface area (Å²) >= 11 is 4.91. The van der Waals surface area contributed by atoms with E-state index in [1.807, 2.05) is 0 Å². The molecular weight excluding hydrogens is 224 g/mol. The molecular formula is C11H24N2O2S. The van der Waals surface area contributed by atoms with Crippen molar-refractivity contribution >= 4 is 17.2 Å². The van der Waals surface area contributed by atoms with Gasteiger partial charge < -0.3 is 15.2 Å². The van der Waals surface area contributed by atoms with Crippen LogP contribution >= 0.6 is 12.2 Å². The average molecular weight is 248 g/mol. The van der Waals surface area contributed by atoms with Gasteiger partial charge in [0, 0.05) is 39.5 Å². The van der Waals surface area contributed by atoms with E-state index in [-0.39, 0.29) is 0 Å². The Balaban J connectivity index is 3.56. The van der Waals surface area contributed by atoms with E-state index in [1.165, 1.54) is 0 Å². The summed E-state index contributed by atoms with van der Waals surface area (Å²) in [6, 6.07) is 0.434. The summed E-state index contributed by atoms with van der Waals surface area (Å²) in [4.78, 5) is 2.74. The van der Waals surface area contributed by atoms with Crippen molar-refractivity contribution in [1.29, 1.82) is 0 Å². The van der Waals surface area contributed by atoms with Gasteiger partial charge in [0.15, 0.2) is 0 Å². The molecule has 16 heavy (non-hydrogen) atoms. The van der Waals surface area contributed by atoms with Crippen LogP contribution in [-0.4, -0.2) is 56.0 Å². The molecule has 0 aliphatic heterocycles. The van der Waals surface area contributed by atoms with Crippen molar-refractivity contribution in [2.75, 3.05) is 40.0 Å². The molecule has 0 aliphatic carbocycles.